The van der Waals surface area contributed by atoms with Crippen molar-refractivity contribution in [2.45, 2.75) is 27.2 Å². The van der Waals surface area contributed by atoms with E-state index in [1.54, 1.807) is 0 Å². The zero-order valence-electron chi connectivity index (χ0n) is 12.0. The number of hydrogen-bond acceptors (Lipinski definition) is 2. The van der Waals surface area contributed by atoms with Crippen LogP contribution in [0.3, 0.4) is 0 Å². The van der Waals surface area contributed by atoms with Crippen LogP contribution in [0, 0.1) is 20.8 Å². The highest BCUT2D eigenvalue weighted by molar-refractivity contribution is 5.66. The van der Waals surface area contributed by atoms with Gasteiger partial charge in [-0.15, -0.1) is 0 Å². The lowest BCUT2D eigenvalue weighted by Crippen LogP contribution is -2.07. The summed E-state index contributed by atoms with van der Waals surface area (Å²) in [6.07, 6.45) is 1.01. The van der Waals surface area contributed by atoms with Crippen LogP contribution in [0.2, 0.25) is 0 Å². The van der Waals surface area contributed by atoms with E-state index in [0.717, 1.165) is 24.3 Å². The van der Waals surface area contributed by atoms with Gasteiger partial charge in [0.25, 0.3) is 0 Å². The molecule has 0 radical (unpaired) electrons. The van der Waals surface area contributed by atoms with Crippen LogP contribution in [0.1, 0.15) is 22.3 Å². The summed E-state index contributed by atoms with van der Waals surface area (Å²) in [5, 5.41) is 3.40. The van der Waals surface area contributed by atoms with E-state index in [9.17, 15) is 0 Å². The van der Waals surface area contributed by atoms with Gasteiger partial charge in [0, 0.05) is 6.54 Å². The highest BCUT2D eigenvalue weighted by atomic mass is 14.9. The van der Waals surface area contributed by atoms with Gasteiger partial charge in [0.15, 0.2) is 0 Å². The lowest BCUT2D eigenvalue weighted by atomic mass is 10.0. The van der Waals surface area contributed by atoms with E-state index in [2.05, 4.69) is 50.4 Å². The van der Waals surface area contributed by atoms with E-state index in [0.29, 0.717) is 0 Å². The molecule has 100 valence electrons. The summed E-state index contributed by atoms with van der Waals surface area (Å²) < 4.78 is 0. The Morgan fingerprint density at radius 3 is 2.42 bits per heavy atom. The Labute approximate surface area is 115 Å². The summed E-state index contributed by atoms with van der Waals surface area (Å²) >= 11 is 0. The molecule has 0 aliphatic heterocycles. The van der Waals surface area contributed by atoms with Crippen LogP contribution < -0.4 is 11.1 Å². The number of nitrogen functional groups attached to an aromatic ring is 1. The fourth-order valence-electron chi connectivity index (χ4n) is 2.14. The molecule has 0 atom stereocenters. The third-order valence-corrected chi connectivity index (χ3v) is 3.51. The summed E-state index contributed by atoms with van der Waals surface area (Å²) in [6.45, 7) is 7.25. The van der Waals surface area contributed by atoms with Crippen molar-refractivity contribution in [1.29, 1.82) is 0 Å². The lowest BCUT2D eigenvalue weighted by Gasteiger charge is -2.10. The van der Waals surface area contributed by atoms with Gasteiger partial charge in [-0.2, -0.15) is 0 Å². The molecular weight excluding hydrogens is 232 g/mol. The zero-order valence-corrected chi connectivity index (χ0v) is 12.0. The summed E-state index contributed by atoms with van der Waals surface area (Å²) in [5.74, 6) is 0. The van der Waals surface area contributed by atoms with Crippen LogP contribution in [0.25, 0.3) is 0 Å². The molecule has 3 N–H and O–H groups in total. The van der Waals surface area contributed by atoms with Crippen molar-refractivity contribution in [3.8, 4) is 0 Å². The Kier molecular flexibility index (Phi) is 4.10. The minimum atomic E-state index is 0.820. The third kappa shape index (κ3) is 3.50. The normalized spacial score (nSPS) is 10.5. The molecule has 2 rings (SSSR count). The average molecular weight is 254 g/mol. The quantitative estimate of drug-likeness (QED) is 0.813. The maximum absolute atomic E-state index is 5.98. The van der Waals surface area contributed by atoms with Gasteiger partial charge < -0.3 is 11.1 Å². The predicted octanol–water partition coefficient (Wildman–Crippen LogP) is 3.85. The molecule has 2 aromatic carbocycles. The first-order chi connectivity index (χ1) is 9.06. The van der Waals surface area contributed by atoms with Gasteiger partial charge in [0.2, 0.25) is 0 Å². The van der Waals surface area contributed by atoms with Crippen molar-refractivity contribution >= 4 is 11.4 Å². The largest absolute Gasteiger partial charge is 0.397 e. The molecule has 0 aliphatic carbocycles. The molecule has 0 aromatic heterocycles. The summed E-state index contributed by atoms with van der Waals surface area (Å²) in [7, 11) is 0. The smallest absolute Gasteiger partial charge is 0.0574 e. The molecular formula is C17H22N2. The van der Waals surface area contributed by atoms with Crippen molar-refractivity contribution < 1.29 is 0 Å². The van der Waals surface area contributed by atoms with Crippen molar-refractivity contribution in [2.24, 2.45) is 0 Å². The van der Waals surface area contributed by atoms with E-state index in [-0.39, 0.29) is 0 Å². The molecule has 0 saturated carbocycles. The first kappa shape index (κ1) is 13.5. The van der Waals surface area contributed by atoms with E-state index >= 15 is 0 Å². The van der Waals surface area contributed by atoms with E-state index in [4.69, 9.17) is 5.73 Å². The number of nitrogens with two attached hydrogens (primary N) is 1. The van der Waals surface area contributed by atoms with Crippen molar-refractivity contribution in [3.63, 3.8) is 0 Å². The summed E-state index contributed by atoms with van der Waals surface area (Å²) in [6, 6.07) is 12.8. The monoisotopic (exact) mass is 254 g/mol. The lowest BCUT2D eigenvalue weighted by molar-refractivity contribution is 1.01. The van der Waals surface area contributed by atoms with Crippen molar-refractivity contribution in [3.05, 3.63) is 58.7 Å². The summed E-state index contributed by atoms with van der Waals surface area (Å²) in [5.41, 5.74) is 13.1. The minimum absolute atomic E-state index is 0.820. The zero-order chi connectivity index (χ0) is 13.8. The first-order valence-corrected chi connectivity index (χ1v) is 6.72. The van der Waals surface area contributed by atoms with Gasteiger partial charge >= 0.3 is 0 Å². The molecule has 0 bridgehead atoms. The Morgan fingerprint density at radius 1 is 0.947 bits per heavy atom. The highest BCUT2D eigenvalue weighted by Crippen LogP contribution is 2.19. The molecule has 2 nitrogen and oxygen atoms in total. The fraction of sp³-hybridized carbons (Fsp3) is 0.294. The third-order valence-electron chi connectivity index (χ3n) is 3.51. The van der Waals surface area contributed by atoms with E-state index in [1.165, 1.54) is 22.3 Å². The fourth-order valence-corrected chi connectivity index (χ4v) is 2.14. The molecule has 2 aromatic rings. The second-order valence-corrected chi connectivity index (χ2v) is 5.19. The SMILES string of the molecule is Cc1ccc(NCCc2ccc(C)c(C)c2)c(N)c1. The maximum Gasteiger partial charge on any atom is 0.0574 e. The number of rotatable bonds is 4. The van der Waals surface area contributed by atoms with Crippen LogP contribution in [0.4, 0.5) is 11.4 Å². The standard InChI is InChI=1S/C17H22N2/c1-12-4-7-17(16(18)10-12)19-9-8-15-6-5-13(2)14(3)11-15/h4-7,10-11,19H,8-9,18H2,1-3H3. The number of anilines is 2. The van der Waals surface area contributed by atoms with Crippen molar-refractivity contribution in [2.75, 3.05) is 17.6 Å². The average Bonchev–Trinajstić information content (AvgIpc) is 2.36. The van der Waals surface area contributed by atoms with Gasteiger partial charge in [-0.25, -0.2) is 0 Å². The van der Waals surface area contributed by atoms with Crippen LogP contribution in [0.15, 0.2) is 36.4 Å². The molecule has 0 unspecified atom stereocenters. The van der Waals surface area contributed by atoms with Gasteiger partial charge in [0.1, 0.15) is 0 Å². The maximum atomic E-state index is 5.98. The Hall–Kier alpha value is -1.96. The second kappa shape index (κ2) is 5.79. The van der Waals surface area contributed by atoms with Crippen LogP contribution in [-0.2, 0) is 6.42 Å². The summed E-state index contributed by atoms with van der Waals surface area (Å²) in [4.78, 5) is 0. The van der Waals surface area contributed by atoms with E-state index in [1.807, 2.05) is 12.1 Å². The molecule has 0 aliphatic rings. The number of benzene rings is 2. The molecule has 0 saturated heterocycles. The topological polar surface area (TPSA) is 38.0 Å². The van der Waals surface area contributed by atoms with Gasteiger partial charge in [0.05, 0.1) is 11.4 Å². The van der Waals surface area contributed by atoms with Gasteiger partial charge in [-0.05, 0) is 61.6 Å². The number of nitrogens with one attached hydrogen (secondary N) is 1. The number of hydrogen-bond donors (Lipinski definition) is 2. The predicted molar refractivity (Wildman–Crippen MR) is 83.7 cm³/mol. The molecule has 0 spiro atoms. The number of aryl methyl sites for hydroxylation is 3. The molecule has 0 amide bonds. The van der Waals surface area contributed by atoms with E-state index < -0.39 is 0 Å². The highest BCUT2D eigenvalue weighted by Gasteiger charge is 2.00. The first-order valence-electron chi connectivity index (χ1n) is 6.72. The van der Waals surface area contributed by atoms with Gasteiger partial charge in [-0.3, -0.25) is 0 Å². The van der Waals surface area contributed by atoms with Crippen LogP contribution >= 0.6 is 0 Å². The van der Waals surface area contributed by atoms with Gasteiger partial charge in [-0.1, -0.05) is 24.3 Å². The molecule has 19 heavy (non-hydrogen) atoms. The minimum Gasteiger partial charge on any atom is -0.397 e. The molecule has 2 heteroatoms. The molecule has 0 heterocycles. The van der Waals surface area contributed by atoms with Crippen LogP contribution in [0.5, 0.6) is 0 Å². The Bertz CT molecular complexity index is 573. The Balaban J connectivity index is 1.94. The Morgan fingerprint density at radius 2 is 1.74 bits per heavy atom. The molecule has 0 fully saturated rings. The van der Waals surface area contributed by atoms with Crippen LogP contribution in [-0.4, -0.2) is 6.54 Å². The van der Waals surface area contributed by atoms with Crippen molar-refractivity contribution in [1.82, 2.24) is 0 Å². The second-order valence-electron chi connectivity index (χ2n) is 5.19.